The number of nitrogens with two attached hydrogens (primary N) is 1. The first-order valence-electron chi connectivity index (χ1n) is 12.6. The van der Waals surface area contributed by atoms with Crippen molar-refractivity contribution in [2.24, 2.45) is 11.1 Å². The van der Waals surface area contributed by atoms with Crippen molar-refractivity contribution in [3.05, 3.63) is 103 Å². The summed E-state index contributed by atoms with van der Waals surface area (Å²) in [5.41, 5.74) is 1.25. The van der Waals surface area contributed by atoms with Crippen molar-refractivity contribution >= 4 is 78.1 Å². The predicted molar refractivity (Wildman–Crippen MR) is 163 cm³/mol. The molecule has 43 heavy (non-hydrogen) atoms. The number of anilines is 2. The molecule has 3 amide bonds. The number of thioether (sulfide) groups is 1. The number of nitrogens with one attached hydrogen (secondary N) is 1. The molecule has 3 heterocycles. The van der Waals surface area contributed by atoms with Crippen molar-refractivity contribution in [2.75, 3.05) is 10.2 Å². The fourth-order valence-corrected chi connectivity index (χ4v) is 8.75. The van der Waals surface area contributed by atoms with Crippen molar-refractivity contribution in [3.8, 4) is 0 Å². The molecule has 0 saturated carbocycles. The van der Waals surface area contributed by atoms with Gasteiger partial charge in [-0.2, -0.15) is 0 Å². The third-order valence-electron chi connectivity index (χ3n) is 7.13. The van der Waals surface area contributed by atoms with Crippen molar-refractivity contribution in [3.63, 3.8) is 0 Å². The fraction of sp³-hybridized carbons (Fsp3) is 0.143. The monoisotopic (exact) mass is 702 g/mol. The largest absolute Gasteiger partial charge is 0.325 e. The maximum atomic E-state index is 13.9. The lowest BCUT2D eigenvalue weighted by atomic mass is 9.83. The van der Waals surface area contributed by atoms with Crippen LogP contribution in [0.5, 0.6) is 0 Å². The average molecular weight is 704 g/mol. The number of carbonyl (C=O) groups is 3. The van der Waals surface area contributed by atoms with Crippen LogP contribution in [0.15, 0.2) is 92.0 Å². The van der Waals surface area contributed by atoms with E-state index in [0.717, 1.165) is 32.5 Å². The lowest BCUT2D eigenvalue weighted by Crippen LogP contribution is -2.33. The molecule has 10 nitrogen and oxygen atoms in total. The van der Waals surface area contributed by atoms with Crippen molar-refractivity contribution in [1.29, 1.82) is 0 Å². The summed E-state index contributed by atoms with van der Waals surface area (Å²) in [7, 11) is -3.91. The van der Waals surface area contributed by atoms with Gasteiger partial charge in [0.05, 0.1) is 21.5 Å². The summed E-state index contributed by atoms with van der Waals surface area (Å²) in [6.07, 6.45) is 0. The third-order valence-corrected chi connectivity index (χ3v) is 11.2. The zero-order valence-electron chi connectivity index (χ0n) is 21.8. The molecule has 0 spiro atoms. The van der Waals surface area contributed by atoms with Gasteiger partial charge in [0.25, 0.3) is 0 Å². The number of sulfonamides is 1. The third kappa shape index (κ3) is 5.47. The quantitative estimate of drug-likeness (QED) is 0.290. The first kappa shape index (κ1) is 29.4. The standard InChI is InChI=1S/C28H20BrFN4O6S3/c29-15-3-9-18(10-4-15)34-25(36)22-21(14-1-5-16(30)6-2-14)24-27(41-23(22)26(34)37)33(28(38)42-24)13-20(35)32-17-7-11-19(12-8-17)43(31,39)40/h1-12,21-23H,13H2,(H,32,35)(H2,31,39,40). The molecule has 3 aromatic carbocycles. The second-order valence-electron chi connectivity index (χ2n) is 9.82. The summed E-state index contributed by atoms with van der Waals surface area (Å²) < 4.78 is 38.9. The molecule has 3 atom stereocenters. The molecule has 2 aliphatic rings. The first-order valence-corrected chi connectivity index (χ1v) is 16.7. The van der Waals surface area contributed by atoms with E-state index in [0.29, 0.717) is 21.2 Å². The van der Waals surface area contributed by atoms with E-state index < -0.39 is 62.1 Å². The molecule has 0 radical (unpaired) electrons. The van der Waals surface area contributed by atoms with E-state index in [9.17, 15) is 32.0 Å². The molecule has 0 bridgehead atoms. The molecule has 4 aromatic rings. The van der Waals surface area contributed by atoms with Gasteiger partial charge in [-0.05, 0) is 66.2 Å². The molecule has 220 valence electrons. The van der Waals surface area contributed by atoms with Gasteiger partial charge in [-0.25, -0.2) is 22.8 Å². The average Bonchev–Trinajstić information content (AvgIpc) is 3.40. The van der Waals surface area contributed by atoms with E-state index >= 15 is 0 Å². The van der Waals surface area contributed by atoms with Crippen LogP contribution in [0, 0.1) is 11.7 Å². The van der Waals surface area contributed by atoms with Gasteiger partial charge in [0, 0.05) is 21.0 Å². The zero-order chi connectivity index (χ0) is 30.6. The number of hydrogen-bond donors (Lipinski definition) is 2. The van der Waals surface area contributed by atoms with Gasteiger partial charge in [0.2, 0.25) is 27.7 Å². The van der Waals surface area contributed by atoms with E-state index in [1.807, 2.05) is 0 Å². The highest BCUT2D eigenvalue weighted by Crippen LogP contribution is 2.53. The molecule has 3 unspecified atom stereocenters. The molecular formula is C28H20BrFN4O6S3. The van der Waals surface area contributed by atoms with Crippen LogP contribution in [-0.2, 0) is 31.0 Å². The summed E-state index contributed by atoms with van der Waals surface area (Å²) in [6.45, 7) is -0.402. The highest BCUT2D eigenvalue weighted by Gasteiger charge is 2.56. The molecule has 6 rings (SSSR count). The van der Waals surface area contributed by atoms with Gasteiger partial charge in [0.15, 0.2) is 0 Å². The Morgan fingerprint density at radius 2 is 1.60 bits per heavy atom. The van der Waals surface area contributed by atoms with Crippen molar-refractivity contribution in [1.82, 2.24) is 4.57 Å². The summed E-state index contributed by atoms with van der Waals surface area (Å²) in [6, 6.07) is 17.5. The van der Waals surface area contributed by atoms with Gasteiger partial charge >= 0.3 is 4.87 Å². The normalized spacial score (nSPS) is 19.7. The van der Waals surface area contributed by atoms with E-state index in [1.54, 1.807) is 24.3 Å². The summed E-state index contributed by atoms with van der Waals surface area (Å²) in [5.74, 6) is -3.53. The fourth-order valence-electron chi connectivity index (χ4n) is 5.20. The zero-order valence-corrected chi connectivity index (χ0v) is 25.8. The van der Waals surface area contributed by atoms with Gasteiger partial charge in [-0.15, -0.1) is 0 Å². The number of carbonyl (C=O) groups excluding carboxylic acids is 3. The van der Waals surface area contributed by atoms with Gasteiger partial charge < -0.3 is 5.32 Å². The lowest BCUT2D eigenvalue weighted by Gasteiger charge is -2.30. The highest BCUT2D eigenvalue weighted by atomic mass is 79.9. The van der Waals surface area contributed by atoms with E-state index in [1.165, 1.54) is 53.1 Å². The molecule has 1 saturated heterocycles. The first-order chi connectivity index (χ1) is 20.4. The van der Waals surface area contributed by atoms with Crippen LogP contribution in [0.3, 0.4) is 0 Å². The Morgan fingerprint density at radius 3 is 2.23 bits per heavy atom. The highest BCUT2D eigenvalue weighted by molar-refractivity contribution is 9.10. The number of rotatable bonds is 6. The second-order valence-corrected chi connectivity index (χ2v) is 14.4. The molecular weight excluding hydrogens is 683 g/mol. The van der Waals surface area contributed by atoms with Crippen molar-refractivity contribution < 1.29 is 27.2 Å². The Hall–Kier alpha value is -3.63. The minimum atomic E-state index is -3.91. The number of amides is 3. The number of benzene rings is 3. The molecule has 0 aliphatic carbocycles. The molecule has 1 fully saturated rings. The number of aromatic nitrogens is 1. The van der Waals surface area contributed by atoms with E-state index in [4.69, 9.17) is 5.14 Å². The second kappa shape index (κ2) is 11.1. The smallest absolute Gasteiger partial charge is 0.308 e. The van der Waals surface area contributed by atoms with Crippen LogP contribution in [0.2, 0.25) is 0 Å². The minimum absolute atomic E-state index is 0.126. The van der Waals surface area contributed by atoms with Gasteiger partial charge in [-0.1, -0.05) is 51.2 Å². The van der Waals surface area contributed by atoms with E-state index in [-0.39, 0.29) is 10.6 Å². The molecule has 15 heteroatoms. The Labute approximate surface area is 260 Å². The number of nitrogens with zero attached hydrogens (tertiary/aromatic N) is 2. The van der Waals surface area contributed by atoms with Crippen molar-refractivity contribution in [2.45, 2.75) is 27.6 Å². The van der Waals surface area contributed by atoms with Crippen LogP contribution in [0.25, 0.3) is 0 Å². The number of imide groups is 1. The minimum Gasteiger partial charge on any atom is -0.325 e. The van der Waals surface area contributed by atoms with E-state index in [2.05, 4.69) is 21.2 Å². The number of thiazole rings is 1. The lowest BCUT2D eigenvalue weighted by molar-refractivity contribution is -0.122. The number of primary sulfonamides is 1. The SMILES string of the molecule is NS(=O)(=O)c1ccc(NC(=O)Cn2c3c(sc2=O)C(c2ccc(F)cc2)C2C(=O)N(c4ccc(Br)cc4)C(=O)C2S3)cc1. The Kier molecular flexibility index (Phi) is 7.62. The Balaban J connectivity index is 1.36. The predicted octanol–water partition coefficient (Wildman–Crippen LogP) is 3.89. The molecule has 3 N–H and O–H groups in total. The number of hydrogen-bond acceptors (Lipinski definition) is 8. The van der Waals surface area contributed by atoms with Crippen LogP contribution in [-0.4, -0.2) is 36.0 Å². The number of fused-ring (bicyclic) bond motifs is 2. The van der Waals surface area contributed by atoms with Gasteiger partial charge in [-0.3, -0.25) is 23.7 Å². The number of halogens is 2. The Bertz CT molecular complexity index is 1940. The maximum absolute atomic E-state index is 13.9. The van der Waals surface area contributed by atoms with Crippen LogP contribution >= 0.6 is 39.0 Å². The topological polar surface area (TPSA) is 149 Å². The maximum Gasteiger partial charge on any atom is 0.308 e. The molecule has 2 aliphatic heterocycles. The summed E-state index contributed by atoms with van der Waals surface area (Å²) in [4.78, 5) is 54.9. The molecule has 1 aromatic heterocycles. The van der Waals surface area contributed by atoms with Crippen LogP contribution < -0.4 is 20.2 Å². The van der Waals surface area contributed by atoms with Crippen LogP contribution in [0.4, 0.5) is 15.8 Å². The summed E-state index contributed by atoms with van der Waals surface area (Å²) in [5, 5.41) is 7.23. The van der Waals surface area contributed by atoms with Gasteiger partial charge in [0.1, 0.15) is 17.6 Å². The summed E-state index contributed by atoms with van der Waals surface area (Å²) >= 11 is 5.29. The Morgan fingerprint density at radius 1 is 0.953 bits per heavy atom. The van der Waals surface area contributed by atoms with Crippen LogP contribution in [0.1, 0.15) is 16.4 Å².